The monoisotopic (exact) mass is 198 g/mol. The molecule has 15 heavy (non-hydrogen) atoms. The molecule has 1 aromatic rings. The molecule has 0 fully saturated rings. The molecule has 2 aliphatic rings. The average molecular weight is 198 g/mol. The number of benzene rings is 1. The molecule has 78 valence electrons. The second kappa shape index (κ2) is 3.52. The molecule has 2 aliphatic carbocycles. The summed E-state index contributed by atoms with van der Waals surface area (Å²) in [5.74, 6) is 0. The molecule has 0 saturated heterocycles. The van der Waals surface area contributed by atoms with Gasteiger partial charge in [0.25, 0.3) is 0 Å². The number of aryl methyl sites for hydroxylation is 1. The van der Waals surface area contributed by atoms with Crippen LogP contribution in [-0.4, -0.2) is 0 Å². The molecule has 0 heteroatoms. The summed E-state index contributed by atoms with van der Waals surface area (Å²) in [7, 11) is 0. The minimum Gasteiger partial charge on any atom is -0.0836 e. The predicted octanol–water partition coefficient (Wildman–Crippen LogP) is 3.83. The minimum atomic E-state index is 1.23. The van der Waals surface area contributed by atoms with Gasteiger partial charge in [0.15, 0.2) is 0 Å². The van der Waals surface area contributed by atoms with Crippen molar-refractivity contribution in [3.8, 4) is 0 Å². The molecule has 3 rings (SSSR count). The van der Waals surface area contributed by atoms with Gasteiger partial charge in [-0.25, -0.2) is 0 Å². The molecular formula is C15H18. The molecule has 0 aromatic heterocycles. The van der Waals surface area contributed by atoms with Gasteiger partial charge in [-0.15, -0.1) is 0 Å². The highest BCUT2D eigenvalue weighted by molar-refractivity contribution is 5.62. The molecule has 0 saturated carbocycles. The first-order valence-corrected chi connectivity index (χ1v) is 6.17. The van der Waals surface area contributed by atoms with Crippen LogP contribution in [0.4, 0.5) is 0 Å². The lowest BCUT2D eigenvalue weighted by Gasteiger charge is -2.24. The Kier molecular flexibility index (Phi) is 2.16. The first-order chi connectivity index (χ1) is 7.36. The highest BCUT2D eigenvalue weighted by Crippen LogP contribution is 2.32. The van der Waals surface area contributed by atoms with Crippen LogP contribution in [0.3, 0.4) is 0 Å². The van der Waals surface area contributed by atoms with E-state index in [1.165, 1.54) is 44.1 Å². The van der Waals surface area contributed by atoms with Crippen molar-refractivity contribution in [3.63, 3.8) is 0 Å². The van der Waals surface area contributed by atoms with E-state index in [4.69, 9.17) is 0 Å². The van der Waals surface area contributed by atoms with E-state index in [0.29, 0.717) is 0 Å². The second-order valence-electron chi connectivity index (χ2n) is 4.86. The molecular weight excluding hydrogens is 180 g/mol. The SMILES string of the molecule is Cc1c2c(cc3c1CCCC3)C=CCC2. The maximum Gasteiger partial charge on any atom is -0.0222 e. The smallest absolute Gasteiger partial charge is 0.0222 e. The lowest BCUT2D eigenvalue weighted by molar-refractivity contribution is 0.679. The van der Waals surface area contributed by atoms with Gasteiger partial charge in [-0.3, -0.25) is 0 Å². The summed E-state index contributed by atoms with van der Waals surface area (Å²) >= 11 is 0. The van der Waals surface area contributed by atoms with Crippen molar-refractivity contribution in [1.29, 1.82) is 0 Å². The first-order valence-electron chi connectivity index (χ1n) is 6.17. The van der Waals surface area contributed by atoms with Crippen molar-refractivity contribution in [3.05, 3.63) is 40.0 Å². The highest BCUT2D eigenvalue weighted by Gasteiger charge is 2.17. The van der Waals surface area contributed by atoms with E-state index >= 15 is 0 Å². The fourth-order valence-corrected chi connectivity index (χ4v) is 3.11. The zero-order chi connectivity index (χ0) is 10.3. The molecule has 0 amide bonds. The summed E-state index contributed by atoms with van der Waals surface area (Å²) in [4.78, 5) is 0. The fraction of sp³-hybridized carbons (Fsp3) is 0.467. The van der Waals surface area contributed by atoms with E-state index in [0.717, 1.165) is 0 Å². The van der Waals surface area contributed by atoms with Crippen molar-refractivity contribution in [2.75, 3.05) is 0 Å². The lowest BCUT2D eigenvalue weighted by atomic mass is 9.82. The van der Waals surface area contributed by atoms with Gasteiger partial charge >= 0.3 is 0 Å². The van der Waals surface area contributed by atoms with Gasteiger partial charge in [-0.1, -0.05) is 18.2 Å². The summed E-state index contributed by atoms with van der Waals surface area (Å²) in [6, 6.07) is 2.45. The Morgan fingerprint density at radius 1 is 1.00 bits per heavy atom. The highest BCUT2D eigenvalue weighted by atomic mass is 14.2. The van der Waals surface area contributed by atoms with Crippen molar-refractivity contribution < 1.29 is 0 Å². The Morgan fingerprint density at radius 3 is 2.80 bits per heavy atom. The third-order valence-corrected chi connectivity index (χ3v) is 3.95. The van der Waals surface area contributed by atoms with Crippen molar-refractivity contribution in [1.82, 2.24) is 0 Å². The van der Waals surface area contributed by atoms with E-state index in [-0.39, 0.29) is 0 Å². The Balaban J connectivity index is 2.21. The molecule has 0 aliphatic heterocycles. The van der Waals surface area contributed by atoms with Crippen LogP contribution in [0.25, 0.3) is 6.08 Å². The predicted molar refractivity (Wildman–Crippen MR) is 65.2 cm³/mol. The molecule has 0 atom stereocenters. The molecule has 0 unspecified atom stereocenters. The standard InChI is InChI=1S/C15H18/c1-11-14-8-4-2-6-12(14)10-13-7-3-5-9-15(11)13/h2,6,10H,3-5,7-9H2,1H3. The van der Waals surface area contributed by atoms with Gasteiger partial charge < -0.3 is 0 Å². The number of allylic oxidation sites excluding steroid dienone is 1. The summed E-state index contributed by atoms with van der Waals surface area (Å²) in [5.41, 5.74) is 8.03. The minimum absolute atomic E-state index is 1.23. The van der Waals surface area contributed by atoms with Crippen LogP contribution in [0.5, 0.6) is 0 Å². The topological polar surface area (TPSA) is 0 Å². The molecule has 0 nitrogen and oxygen atoms in total. The van der Waals surface area contributed by atoms with Crippen LogP contribution in [-0.2, 0) is 19.3 Å². The number of fused-ring (bicyclic) bond motifs is 2. The van der Waals surface area contributed by atoms with Crippen molar-refractivity contribution in [2.24, 2.45) is 0 Å². The molecule has 1 aromatic carbocycles. The Bertz CT molecular complexity index is 424. The van der Waals surface area contributed by atoms with Gasteiger partial charge in [0.2, 0.25) is 0 Å². The second-order valence-corrected chi connectivity index (χ2v) is 4.86. The van der Waals surface area contributed by atoms with Crippen molar-refractivity contribution in [2.45, 2.75) is 45.4 Å². The van der Waals surface area contributed by atoms with Crippen LogP contribution in [0, 0.1) is 6.92 Å². The van der Waals surface area contributed by atoms with E-state index < -0.39 is 0 Å². The van der Waals surface area contributed by atoms with E-state index in [1.807, 2.05) is 0 Å². The quantitative estimate of drug-likeness (QED) is 0.594. The molecule has 0 heterocycles. The summed E-state index contributed by atoms with van der Waals surface area (Å²) in [5, 5.41) is 0. The summed E-state index contributed by atoms with van der Waals surface area (Å²) < 4.78 is 0. The van der Waals surface area contributed by atoms with E-state index in [1.54, 1.807) is 22.3 Å². The zero-order valence-electron chi connectivity index (χ0n) is 9.47. The zero-order valence-corrected chi connectivity index (χ0v) is 9.47. The average Bonchev–Trinajstić information content (AvgIpc) is 2.30. The van der Waals surface area contributed by atoms with Gasteiger partial charge in [0.1, 0.15) is 0 Å². The normalized spacial score (nSPS) is 18.5. The third kappa shape index (κ3) is 1.43. The van der Waals surface area contributed by atoms with Gasteiger partial charge in [-0.05, 0) is 73.3 Å². The van der Waals surface area contributed by atoms with Gasteiger partial charge in [-0.2, -0.15) is 0 Å². The number of hydrogen-bond acceptors (Lipinski definition) is 0. The molecule has 0 bridgehead atoms. The van der Waals surface area contributed by atoms with E-state index in [2.05, 4.69) is 25.1 Å². The molecule has 0 radical (unpaired) electrons. The Morgan fingerprint density at radius 2 is 1.87 bits per heavy atom. The summed E-state index contributed by atoms with van der Waals surface area (Å²) in [6.45, 7) is 2.34. The maximum atomic E-state index is 2.45. The van der Waals surface area contributed by atoms with Gasteiger partial charge in [0.05, 0.1) is 0 Å². The number of rotatable bonds is 0. The first kappa shape index (κ1) is 9.21. The van der Waals surface area contributed by atoms with Crippen LogP contribution in [0.1, 0.15) is 47.1 Å². The van der Waals surface area contributed by atoms with Crippen LogP contribution in [0.15, 0.2) is 12.1 Å². The Hall–Kier alpha value is -1.04. The van der Waals surface area contributed by atoms with E-state index in [9.17, 15) is 0 Å². The third-order valence-electron chi connectivity index (χ3n) is 3.95. The Labute approximate surface area is 92.0 Å². The van der Waals surface area contributed by atoms with Gasteiger partial charge in [0, 0.05) is 0 Å². The maximum absolute atomic E-state index is 2.45. The largest absolute Gasteiger partial charge is 0.0836 e. The fourth-order valence-electron chi connectivity index (χ4n) is 3.11. The lowest BCUT2D eigenvalue weighted by Crippen LogP contribution is -2.09. The molecule has 0 spiro atoms. The number of hydrogen-bond donors (Lipinski definition) is 0. The van der Waals surface area contributed by atoms with Crippen LogP contribution in [0.2, 0.25) is 0 Å². The van der Waals surface area contributed by atoms with Crippen LogP contribution < -0.4 is 0 Å². The van der Waals surface area contributed by atoms with Crippen LogP contribution >= 0.6 is 0 Å². The van der Waals surface area contributed by atoms with Crippen molar-refractivity contribution >= 4 is 6.08 Å². The summed E-state index contributed by atoms with van der Waals surface area (Å²) in [6.07, 6.45) is 12.5. The molecule has 0 N–H and O–H groups in total.